The van der Waals surface area contributed by atoms with Crippen molar-refractivity contribution in [2.24, 2.45) is 10.2 Å². The molecule has 1 aliphatic rings. The maximum absolute atomic E-state index is 12.0. The van der Waals surface area contributed by atoms with Crippen molar-refractivity contribution in [1.82, 2.24) is 9.88 Å². The first kappa shape index (κ1) is 14.1. The minimum absolute atomic E-state index is 0.144. The molecule has 0 saturated carbocycles. The smallest absolute Gasteiger partial charge is 0.249 e. The van der Waals surface area contributed by atoms with E-state index in [-0.39, 0.29) is 30.5 Å². The second-order valence-corrected chi connectivity index (χ2v) is 4.98. The highest BCUT2D eigenvalue weighted by atomic mass is 16.3. The predicted octanol–water partition coefficient (Wildman–Crippen LogP) is 1.74. The number of hydrogen-bond donors (Lipinski definition) is 3. The molecule has 114 valence electrons. The zero-order valence-electron chi connectivity index (χ0n) is 11.8. The molecule has 2 heterocycles. The third-order valence-electron chi connectivity index (χ3n) is 3.69. The number of nitrogens with zero attached hydrogens (tertiary/aromatic N) is 3. The standard InChI is InChI=1S/C14H14N4O4/c1-15-17-8-4-2-3-7-11(8)14(22)18(13(7)21)9-5-6-10(19)16-12(9)20/h2-4,9,21-22H,5-6H2,1H3,(H,16,19,20). The van der Waals surface area contributed by atoms with E-state index in [1.165, 1.54) is 7.05 Å². The lowest BCUT2D eigenvalue weighted by molar-refractivity contribution is -0.135. The SMILES string of the molecule is CN=Nc1cccc2c(O)n(C3CCC(=O)NC3=O)c(O)c12. The van der Waals surface area contributed by atoms with Crippen LogP contribution >= 0.6 is 0 Å². The van der Waals surface area contributed by atoms with Gasteiger partial charge in [0.25, 0.3) is 0 Å². The number of benzene rings is 1. The maximum Gasteiger partial charge on any atom is 0.249 e. The van der Waals surface area contributed by atoms with Gasteiger partial charge in [0.2, 0.25) is 23.6 Å². The van der Waals surface area contributed by atoms with Gasteiger partial charge in [-0.2, -0.15) is 10.2 Å². The van der Waals surface area contributed by atoms with E-state index >= 15 is 0 Å². The zero-order chi connectivity index (χ0) is 15.9. The molecule has 2 aromatic rings. The highest BCUT2D eigenvalue weighted by Crippen LogP contribution is 2.44. The summed E-state index contributed by atoms with van der Waals surface area (Å²) >= 11 is 0. The van der Waals surface area contributed by atoms with Gasteiger partial charge in [-0.1, -0.05) is 6.07 Å². The second kappa shape index (κ2) is 5.14. The Morgan fingerprint density at radius 1 is 1.27 bits per heavy atom. The van der Waals surface area contributed by atoms with Crippen molar-refractivity contribution < 1.29 is 19.8 Å². The molecule has 1 fully saturated rings. The Bertz CT molecular complexity index is 809. The average Bonchev–Trinajstić information content (AvgIpc) is 2.73. The van der Waals surface area contributed by atoms with E-state index in [4.69, 9.17) is 0 Å². The van der Waals surface area contributed by atoms with E-state index in [1.807, 2.05) is 0 Å². The molecule has 1 aromatic heterocycles. The van der Waals surface area contributed by atoms with E-state index in [0.29, 0.717) is 16.5 Å². The summed E-state index contributed by atoms with van der Waals surface area (Å²) in [6.45, 7) is 0. The molecule has 0 spiro atoms. The van der Waals surface area contributed by atoms with Crippen molar-refractivity contribution in [2.75, 3.05) is 7.05 Å². The van der Waals surface area contributed by atoms with Gasteiger partial charge in [-0.15, -0.1) is 0 Å². The molecule has 0 radical (unpaired) electrons. The highest BCUT2D eigenvalue weighted by Gasteiger charge is 2.33. The molecule has 1 saturated heterocycles. The van der Waals surface area contributed by atoms with Crippen LogP contribution in [0.3, 0.4) is 0 Å². The predicted molar refractivity (Wildman–Crippen MR) is 77.1 cm³/mol. The Hall–Kier alpha value is -2.90. The topological polar surface area (TPSA) is 116 Å². The minimum atomic E-state index is -0.850. The van der Waals surface area contributed by atoms with Crippen molar-refractivity contribution in [3.63, 3.8) is 0 Å². The van der Waals surface area contributed by atoms with Crippen LogP contribution in [0.4, 0.5) is 5.69 Å². The fourth-order valence-electron chi connectivity index (χ4n) is 2.73. The van der Waals surface area contributed by atoms with E-state index in [9.17, 15) is 19.8 Å². The van der Waals surface area contributed by atoms with E-state index < -0.39 is 11.9 Å². The summed E-state index contributed by atoms with van der Waals surface area (Å²) in [4.78, 5) is 23.2. The zero-order valence-corrected chi connectivity index (χ0v) is 11.8. The quantitative estimate of drug-likeness (QED) is 0.578. The number of fused-ring (bicyclic) bond motifs is 1. The van der Waals surface area contributed by atoms with Crippen molar-refractivity contribution >= 4 is 28.3 Å². The van der Waals surface area contributed by atoms with Crippen LogP contribution in [-0.2, 0) is 9.59 Å². The summed E-state index contributed by atoms with van der Waals surface area (Å²) in [5, 5.41) is 31.3. The number of aromatic nitrogens is 1. The summed E-state index contributed by atoms with van der Waals surface area (Å²) in [6.07, 6.45) is 0.350. The normalized spacial score (nSPS) is 19.0. The Morgan fingerprint density at radius 3 is 2.73 bits per heavy atom. The monoisotopic (exact) mass is 302 g/mol. The lowest BCUT2D eigenvalue weighted by Gasteiger charge is -2.23. The van der Waals surface area contributed by atoms with Gasteiger partial charge in [0.15, 0.2) is 0 Å². The van der Waals surface area contributed by atoms with Crippen LogP contribution in [0.1, 0.15) is 18.9 Å². The molecule has 2 amide bonds. The number of piperidine rings is 1. The summed E-state index contributed by atoms with van der Waals surface area (Å²) in [5.41, 5.74) is 0.388. The molecule has 0 bridgehead atoms. The average molecular weight is 302 g/mol. The molecule has 1 atom stereocenters. The van der Waals surface area contributed by atoms with Gasteiger partial charge >= 0.3 is 0 Å². The molecular weight excluding hydrogens is 288 g/mol. The van der Waals surface area contributed by atoms with Crippen molar-refractivity contribution in [1.29, 1.82) is 0 Å². The van der Waals surface area contributed by atoms with Gasteiger partial charge < -0.3 is 10.2 Å². The number of amides is 2. The number of aromatic hydroxyl groups is 2. The van der Waals surface area contributed by atoms with Gasteiger partial charge in [0, 0.05) is 18.9 Å². The molecule has 0 aliphatic carbocycles. The molecule has 8 nitrogen and oxygen atoms in total. The second-order valence-electron chi connectivity index (χ2n) is 4.98. The van der Waals surface area contributed by atoms with Crippen molar-refractivity contribution in [3.05, 3.63) is 18.2 Å². The molecule has 1 aromatic carbocycles. The van der Waals surface area contributed by atoms with Gasteiger partial charge in [-0.3, -0.25) is 19.5 Å². The van der Waals surface area contributed by atoms with Crippen LogP contribution in [0.15, 0.2) is 28.4 Å². The number of nitrogens with one attached hydrogen (secondary N) is 1. The lowest BCUT2D eigenvalue weighted by Crippen LogP contribution is -2.41. The Morgan fingerprint density at radius 2 is 2.05 bits per heavy atom. The first-order valence-corrected chi connectivity index (χ1v) is 6.73. The van der Waals surface area contributed by atoms with Crippen LogP contribution in [0, 0.1) is 0 Å². The van der Waals surface area contributed by atoms with E-state index in [0.717, 1.165) is 4.57 Å². The number of carbonyl (C=O) groups excluding carboxylic acids is 2. The molecular formula is C14H14N4O4. The number of carbonyl (C=O) groups is 2. The van der Waals surface area contributed by atoms with Crippen molar-refractivity contribution in [2.45, 2.75) is 18.9 Å². The Labute approximate surface area is 125 Å². The number of azo groups is 1. The summed E-state index contributed by atoms with van der Waals surface area (Å²) < 4.78 is 1.13. The number of hydrogen-bond acceptors (Lipinski definition) is 6. The van der Waals surface area contributed by atoms with Gasteiger partial charge in [0.1, 0.15) is 6.04 Å². The highest BCUT2D eigenvalue weighted by molar-refractivity contribution is 6.03. The molecule has 1 unspecified atom stereocenters. The van der Waals surface area contributed by atoms with Gasteiger partial charge in [-0.05, 0) is 18.6 Å². The number of imide groups is 1. The Balaban J connectivity index is 2.21. The summed E-state index contributed by atoms with van der Waals surface area (Å²) in [5.74, 6) is -1.43. The first-order chi connectivity index (χ1) is 10.5. The molecule has 3 rings (SSSR count). The summed E-state index contributed by atoms with van der Waals surface area (Å²) in [7, 11) is 1.49. The van der Waals surface area contributed by atoms with Crippen LogP contribution in [-0.4, -0.2) is 33.6 Å². The molecule has 22 heavy (non-hydrogen) atoms. The first-order valence-electron chi connectivity index (χ1n) is 6.73. The van der Waals surface area contributed by atoms with Gasteiger partial charge in [-0.25, -0.2) is 0 Å². The molecule has 8 heteroatoms. The Kier molecular flexibility index (Phi) is 3.28. The maximum atomic E-state index is 12.0. The van der Waals surface area contributed by atoms with Crippen molar-refractivity contribution in [3.8, 4) is 11.8 Å². The van der Waals surface area contributed by atoms with Crippen LogP contribution in [0.25, 0.3) is 10.8 Å². The van der Waals surface area contributed by atoms with Gasteiger partial charge in [0.05, 0.1) is 11.1 Å². The lowest BCUT2D eigenvalue weighted by atomic mass is 10.1. The van der Waals surface area contributed by atoms with E-state index in [1.54, 1.807) is 18.2 Å². The minimum Gasteiger partial charge on any atom is -0.494 e. The third-order valence-corrected chi connectivity index (χ3v) is 3.69. The van der Waals surface area contributed by atoms with Crippen LogP contribution in [0.5, 0.6) is 11.8 Å². The van der Waals surface area contributed by atoms with Crippen LogP contribution < -0.4 is 5.32 Å². The van der Waals surface area contributed by atoms with Crippen LogP contribution in [0.2, 0.25) is 0 Å². The largest absolute Gasteiger partial charge is 0.494 e. The third kappa shape index (κ3) is 2.00. The molecule has 3 N–H and O–H groups in total. The molecule has 1 aliphatic heterocycles. The number of rotatable bonds is 2. The fourth-order valence-corrected chi connectivity index (χ4v) is 2.73. The van der Waals surface area contributed by atoms with E-state index in [2.05, 4.69) is 15.5 Å². The summed E-state index contributed by atoms with van der Waals surface area (Å²) in [6, 6.07) is 4.07. The fraction of sp³-hybridized carbons (Fsp3) is 0.286.